The average molecular weight is 304 g/mol. The van der Waals surface area contributed by atoms with Gasteiger partial charge in [0.15, 0.2) is 11.5 Å². The number of anilines is 1. The van der Waals surface area contributed by atoms with Crippen LogP contribution in [0.2, 0.25) is 0 Å². The largest absolute Gasteiger partial charge is 0.477 e. The lowest BCUT2D eigenvalue weighted by molar-refractivity contribution is 0.0702. The summed E-state index contributed by atoms with van der Waals surface area (Å²) in [6.45, 7) is 0. The molecule has 1 amide bonds. The summed E-state index contributed by atoms with van der Waals surface area (Å²) in [6.07, 6.45) is 1.48. The van der Waals surface area contributed by atoms with Crippen molar-refractivity contribution in [3.8, 4) is 11.5 Å². The van der Waals surface area contributed by atoms with E-state index in [0.29, 0.717) is 16.5 Å². The second-order valence-electron chi connectivity index (χ2n) is 3.98. The van der Waals surface area contributed by atoms with E-state index >= 15 is 0 Å². The number of aromatic nitrogens is 1. The maximum Gasteiger partial charge on any atom is 0.345 e. The summed E-state index contributed by atoms with van der Waals surface area (Å²) in [5, 5.41) is 15.4. The van der Waals surface area contributed by atoms with Gasteiger partial charge in [-0.2, -0.15) is 0 Å². The Kier molecular flexibility index (Phi) is 3.28. The first-order chi connectivity index (χ1) is 10.1. The Labute approximate surface area is 121 Å². The van der Waals surface area contributed by atoms with Crippen LogP contribution in [0, 0.1) is 0 Å². The van der Waals surface area contributed by atoms with E-state index in [0.717, 1.165) is 11.3 Å². The first kappa shape index (κ1) is 13.1. The van der Waals surface area contributed by atoms with Crippen LogP contribution in [0.4, 0.5) is 5.00 Å². The minimum Gasteiger partial charge on any atom is -0.477 e. The molecule has 0 spiro atoms. The van der Waals surface area contributed by atoms with Crippen molar-refractivity contribution in [2.45, 2.75) is 0 Å². The molecule has 0 bridgehead atoms. The highest BCUT2D eigenvalue weighted by molar-refractivity contribution is 7.18. The Morgan fingerprint density at radius 2 is 2.10 bits per heavy atom. The van der Waals surface area contributed by atoms with E-state index in [-0.39, 0.29) is 10.6 Å². The highest BCUT2D eigenvalue weighted by Gasteiger charge is 2.16. The lowest BCUT2D eigenvalue weighted by atomic mass is 10.3. The van der Waals surface area contributed by atoms with E-state index in [4.69, 9.17) is 14.0 Å². The molecule has 3 rings (SSSR count). The lowest BCUT2D eigenvalue weighted by Gasteiger charge is -1.96. The summed E-state index contributed by atoms with van der Waals surface area (Å²) in [5.74, 6) is -0.731. The number of carboxylic acid groups (broad SMARTS) is 1. The number of amides is 1. The van der Waals surface area contributed by atoms with Crippen molar-refractivity contribution in [1.82, 2.24) is 5.16 Å². The monoisotopic (exact) mass is 304 g/mol. The Morgan fingerprint density at radius 3 is 2.76 bits per heavy atom. The van der Waals surface area contributed by atoms with Crippen LogP contribution >= 0.6 is 11.3 Å². The second kappa shape index (κ2) is 5.25. The molecular formula is C13H8N2O5S. The van der Waals surface area contributed by atoms with Crippen LogP contribution in [0.1, 0.15) is 20.2 Å². The van der Waals surface area contributed by atoms with Crippen molar-refractivity contribution in [3.63, 3.8) is 0 Å². The molecule has 106 valence electrons. The third kappa shape index (κ3) is 2.70. The Bertz CT molecular complexity index is 787. The highest BCUT2D eigenvalue weighted by atomic mass is 32.1. The van der Waals surface area contributed by atoms with Crippen molar-refractivity contribution in [2.24, 2.45) is 0 Å². The zero-order chi connectivity index (χ0) is 14.8. The minimum atomic E-state index is -1.04. The lowest BCUT2D eigenvalue weighted by Crippen LogP contribution is -2.10. The average Bonchev–Trinajstić information content (AvgIpc) is 3.19. The fourth-order valence-electron chi connectivity index (χ4n) is 1.61. The van der Waals surface area contributed by atoms with Crippen LogP contribution in [0.25, 0.3) is 11.5 Å². The number of nitrogens with one attached hydrogen (secondary N) is 1. The van der Waals surface area contributed by atoms with Gasteiger partial charge in [0.05, 0.1) is 11.3 Å². The first-order valence-corrected chi connectivity index (χ1v) is 6.60. The molecule has 3 aromatic heterocycles. The summed E-state index contributed by atoms with van der Waals surface area (Å²) in [5.41, 5.74) is 0.0756. The maximum atomic E-state index is 12.0. The van der Waals surface area contributed by atoms with Gasteiger partial charge in [-0.1, -0.05) is 5.16 Å². The van der Waals surface area contributed by atoms with Gasteiger partial charge in [0.25, 0.3) is 5.91 Å². The van der Waals surface area contributed by atoms with Crippen molar-refractivity contribution >= 4 is 28.2 Å². The molecule has 21 heavy (non-hydrogen) atoms. The molecule has 3 aromatic rings. The number of furan rings is 1. The molecule has 0 saturated heterocycles. The zero-order valence-electron chi connectivity index (χ0n) is 10.4. The van der Waals surface area contributed by atoms with Crippen LogP contribution < -0.4 is 5.32 Å². The van der Waals surface area contributed by atoms with Crippen molar-refractivity contribution in [1.29, 1.82) is 0 Å². The second-order valence-corrected chi connectivity index (χ2v) is 5.06. The molecule has 2 N–H and O–H groups in total. The number of hydrogen-bond acceptors (Lipinski definition) is 6. The van der Waals surface area contributed by atoms with Gasteiger partial charge in [0, 0.05) is 6.07 Å². The van der Waals surface area contributed by atoms with Gasteiger partial charge in [-0.05, 0) is 24.3 Å². The minimum absolute atomic E-state index is 0.0756. The topological polar surface area (TPSA) is 106 Å². The summed E-state index contributed by atoms with van der Waals surface area (Å²) < 4.78 is 10.1. The molecule has 0 unspecified atom stereocenters. The van der Waals surface area contributed by atoms with E-state index < -0.39 is 11.9 Å². The predicted octanol–water partition coefficient (Wildman–Crippen LogP) is 2.95. The number of hydrogen-bond donors (Lipinski definition) is 2. The number of aromatic carboxylic acids is 1. The van der Waals surface area contributed by atoms with Gasteiger partial charge in [-0.3, -0.25) is 4.79 Å². The maximum absolute atomic E-state index is 12.0. The number of carbonyl (C=O) groups is 2. The van der Waals surface area contributed by atoms with Gasteiger partial charge >= 0.3 is 5.97 Å². The van der Waals surface area contributed by atoms with E-state index in [2.05, 4.69) is 10.5 Å². The fraction of sp³-hybridized carbons (Fsp3) is 0. The molecule has 0 fully saturated rings. The van der Waals surface area contributed by atoms with Gasteiger partial charge < -0.3 is 19.4 Å². The molecule has 0 aliphatic rings. The quantitative estimate of drug-likeness (QED) is 0.767. The van der Waals surface area contributed by atoms with Crippen LogP contribution in [-0.2, 0) is 0 Å². The fourth-order valence-corrected chi connectivity index (χ4v) is 2.35. The van der Waals surface area contributed by atoms with Crippen molar-refractivity contribution in [2.75, 3.05) is 5.32 Å². The number of thiophene rings is 1. The van der Waals surface area contributed by atoms with Crippen molar-refractivity contribution in [3.05, 3.63) is 47.2 Å². The standard InChI is InChI=1S/C13H8N2O5S/c16-12(14-11-4-3-10(21-11)13(17)18)7-6-9(20-15-7)8-2-1-5-19-8/h1-6H,(H,14,16)(H,17,18). The normalized spacial score (nSPS) is 10.5. The highest BCUT2D eigenvalue weighted by Crippen LogP contribution is 2.24. The van der Waals surface area contributed by atoms with Gasteiger partial charge in [0.2, 0.25) is 5.76 Å². The summed E-state index contributed by atoms with van der Waals surface area (Å²) in [4.78, 5) is 22.9. The molecule has 8 heteroatoms. The molecule has 0 radical (unpaired) electrons. The smallest absolute Gasteiger partial charge is 0.345 e. The van der Waals surface area contributed by atoms with E-state index in [1.165, 1.54) is 24.5 Å². The van der Waals surface area contributed by atoms with E-state index in [1.54, 1.807) is 12.1 Å². The van der Waals surface area contributed by atoms with Gasteiger partial charge in [-0.25, -0.2) is 4.79 Å². The van der Waals surface area contributed by atoms with Gasteiger partial charge in [0.1, 0.15) is 4.88 Å². The number of carbonyl (C=O) groups excluding carboxylic acids is 1. The molecular weight excluding hydrogens is 296 g/mol. The number of carboxylic acids is 1. The Hall–Kier alpha value is -2.87. The number of nitrogens with zero attached hydrogens (tertiary/aromatic N) is 1. The molecule has 7 nitrogen and oxygen atoms in total. The Balaban J connectivity index is 1.74. The molecule has 0 atom stereocenters. The first-order valence-electron chi connectivity index (χ1n) is 5.78. The zero-order valence-corrected chi connectivity index (χ0v) is 11.2. The Morgan fingerprint density at radius 1 is 1.24 bits per heavy atom. The molecule has 0 saturated carbocycles. The van der Waals surface area contributed by atoms with Gasteiger partial charge in [-0.15, -0.1) is 11.3 Å². The van der Waals surface area contributed by atoms with Crippen LogP contribution in [0.5, 0.6) is 0 Å². The van der Waals surface area contributed by atoms with Crippen LogP contribution in [0.3, 0.4) is 0 Å². The molecule has 0 aliphatic carbocycles. The summed E-state index contributed by atoms with van der Waals surface area (Å²) in [6, 6.07) is 7.75. The van der Waals surface area contributed by atoms with E-state index in [9.17, 15) is 9.59 Å². The molecule has 0 aliphatic heterocycles. The predicted molar refractivity (Wildman–Crippen MR) is 73.4 cm³/mol. The molecule has 0 aromatic carbocycles. The van der Waals surface area contributed by atoms with Crippen LogP contribution in [-0.4, -0.2) is 22.1 Å². The van der Waals surface area contributed by atoms with E-state index in [1.807, 2.05) is 0 Å². The SMILES string of the molecule is O=C(Nc1ccc(C(=O)O)s1)c1cc(-c2ccco2)on1. The summed E-state index contributed by atoms with van der Waals surface area (Å²) >= 11 is 0.960. The summed E-state index contributed by atoms with van der Waals surface area (Å²) in [7, 11) is 0. The number of rotatable bonds is 4. The van der Waals surface area contributed by atoms with Crippen molar-refractivity contribution < 1.29 is 23.6 Å². The third-order valence-electron chi connectivity index (χ3n) is 2.56. The van der Waals surface area contributed by atoms with Crippen LogP contribution in [0.15, 0.2) is 45.5 Å². The molecule has 3 heterocycles. The third-order valence-corrected chi connectivity index (χ3v) is 3.55.